The van der Waals surface area contributed by atoms with Crippen molar-refractivity contribution >= 4 is 28.2 Å². The molecular weight excluding hydrogens is 351 g/mol. The van der Waals surface area contributed by atoms with Crippen LogP contribution in [-0.2, 0) is 0 Å². The molecule has 0 bridgehead atoms. The van der Waals surface area contributed by atoms with Crippen LogP contribution in [-0.4, -0.2) is 35.1 Å². The van der Waals surface area contributed by atoms with Crippen LogP contribution < -0.4 is 15.0 Å². The van der Waals surface area contributed by atoms with Crippen LogP contribution in [0.5, 0.6) is 11.5 Å². The van der Waals surface area contributed by atoms with Crippen molar-refractivity contribution in [3.05, 3.63) is 64.5 Å². The highest BCUT2D eigenvalue weighted by Gasteiger charge is 2.11. The number of halogens is 1. The van der Waals surface area contributed by atoms with Gasteiger partial charge in [-0.25, -0.2) is 9.37 Å². The summed E-state index contributed by atoms with van der Waals surface area (Å²) in [6, 6.07) is 9.52. The Labute approximate surface area is 152 Å². The Morgan fingerprint density at radius 2 is 1.96 bits per heavy atom. The molecule has 0 aliphatic rings. The Hall–Kier alpha value is -3.68. The molecule has 2 aromatic heterocycles. The van der Waals surface area contributed by atoms with Crippen molar-refractivity contribution < 1.29 is 13.9 Å². The smallest absolute Gasteiger partial charge is 0.298 e. The fraction of sp³-hybridized carbons (Fsp3) is 0.105. The first-order valence-electron chi connectivity index (χ1n) is 8.05. The average Bonchev–Trinajstić information content (AvgIpc) is 3.06. The van der Waals surface area contributed by atoms with Gasteiger partial charge in [-0.05, 0) is 42.0 Å². The standard InChI is InChI=1S/C19H15FN4O3/c1-26-15-6-3-11(7-16(15)27-2)9-22-24-10-21-17-13-8-12(20)4-5-14(13)23-18(17)19(24)25/h3-10,23H,1-2H3. The second kappa shape index (κ2) is 6.56. The van der Waals surface area contributed by atoms with Gasteiger partial charge in [-0.1, -0.05) is 0 Å². The van der Waals surface area contributed by atoms with E-state index in [4.69, 9.17) is 9.47 Å². The third-order valence-corrected chi connectivity index (χ3v) is 4.19. The van der Waals surface area contributed by atoms with Gasteiger partial charge in [0.15, 0.2) is 11.5 Å². The van der Waals surface area contributed by atoms with Crippen LogP contribution in [0.15, 0.2) is 52.6 Å². The van der Waals surface area contributed by atoms with Crippen LogP contribution in [0.1, 0.15) is 5.56 Å². The number of nitrogens with zero attached hydrogens (tertiary/aromatic N) is 3. The Kier molecular flexibility index (Phi) is 4.08. The number of nitrogens with one attached hydrogen (secondary N) is 1. The Balaban J connectivity index is 1.76. The zero-order chi connectivity index (χ0) is 19.0. The van der Waals surface area contributed by atoms with Gasteiger partial charge in [-0.2, -0.15) is 9.78 Å². The molecule has 0 unspecified atom stereocenters. The summed E-state index contributed by atoms with van der Waals surface area (Å²) >= 11 is 0. The SMILES string of the molecule is COc1ccc(C=Nn2cnc3c([nH]c4ccc(F)cc43)c2=O)cc1OC. The van der Waals surface area contributed by atoms with E-state index in [1.165, 1.54) is 24.7 Å². The van der Waals surface area contributed by atoms with E-state index in [1.54, 1.807) is 38.5 Å². The molecule has 4 aromatic rings. The van der Waals surface area contributed by atoms with Gasteiger partial charge in [0.05, 0.1) is 20.4 Å². The van der Waals surface area contributed by atoms with E-state index in [-0.39, 0.29) is 16.9 Å². The van der Waals surface area contributed by atoms with Gasteiger partial charge >= 0.3 is 0 Å². The summed E-state index contributed by atoms with van der Waals surface area (Å²) in [5.74, 6) is 0.765. The van der Waals surface area contributed by atoms with Crippen LogP contribution in [0.3, 0.4) is 0 Å². The number of aromatic amines is 1. The lowest BCUT2D eigenvalue weighted by atomic mass is 10.2. The molecule has 7 nitrogen and oxygen atoms in total. The normalized spacial score (nSPS) is 11.5. The molecule has 27 heavy (non-hydrogen) atoms. The van der Waals surface area contributed by atoms with E-state index >= 15 is 0 Å². The summed E-state index contributed by atoms with van der Waals surface area (Å²) in [5, 5.41) is 4.72. The maximum absolute atomic E-state index is 13.5. The van der Waals surface area contributed by atoms with E-state index in [1.807, 2.05) is 0 Å². The van der Waals surface area contributed by atoms with Gasteiger partial charge in [0.2, 0.25) is 0 Å². The molecule has 2 heterocycles. The summed E-state index contributed by atoms with van der Waals surface area (Å²) < 4.78 is 25.0. The zero-order valence-corrected chi connectivity index (χ0v) is 14.6. The van der Waals surface area contributed by atoms with Gasteiger partial charge in [0, 0.05) is 10.9 Å². The third kappa shape index (κ3) is 2.91. The fourth-order valence-corrected chi connectivity index (χ4v) is 2.86. The third-order valence-electron chi connectivity index (χ3n) is 4.19. The van der Waals surface area contributed by atoms with Crippen LogP contribution in [0.25, 0.3) is 21.9 Å². The molecule has 1 N–H and O–H groups in total. The van der Waals surface area contributed by atoms with Crippen LogP contribution in [0, 0.1) is 5.82 Å². The zero-order valence-electron chi connectivity index (χ0n) is 14.6. The number of H-pyrrole nitrogens is 1. The molecule has 2 aromatic carbocycles. The molecule has 0 saturated carbocycles. The molecule has 0 spiro atoms. The predicted octanol–water partition coefficient (Wildman–Crippen LogP) is 2.92. The first kappa shape index (κ1) is 16.8. The highest BCUT2D eigenvalue weighted by molar-refractivity contribution is 6.04. The fourth-order valence-electron chi connectivity index (χ4n) is 2.86. The lowest BCUT2D eigenvalue weighted by Crippen LogP contribution is -2.17. The summed E-state index contributed by atoms with van der Waals surface area (Å²) in [5.41, 5.74) is 1.65. The van der Waals surface area contributed by atoms with Gasteiger partial charge in [0.25, 0.3) is 5.56 Å². The van der Waals surface area contributed by atoms with Gasteiger partial charge in [-0.15, -0.1) is 0 Å². The topological polar surface area (TPSA) is 81.5 Å². The number of hydrogen-bond acceptors (Lipinski definition) is 5. The lowest BCUT2D eigenvalue weighted by Gasteiger charge is -2.07. The van der Waals surface area contributed by atoms with Crippen molar-refractivity contribution in [3.8, 4) is 11.5 Å². The summed E-state index contributed by atoms with van der Waals surface area (Å²) in [6.07, 6.45) is 2.82. The van der Waals surface area contributed by atoms with E-state index in [0.717, 1.165) is 10.2 Å². The largest absolute Gasteiger partial charge is 0.493 e. The second-order valence-corrected chi connectivity index (χ2v) is 5.79. The average molecular weight is 366 g/mol. The molecule has 0 aliphatic carbocycles. The van der Waals surface area contributed by atoms with Crippen molar-refractivity contribution in [2.45, 2.75) is 0 Å². The minimum absolute atomic E-state index is 0.266. The van der Waals surface area contributed by atoms with Crippen molar-refractivity contribution in [2.75, 3.05) is 14.2 Å². The molecule has 0 aliphatic heterocycles. The number of hydrogen-bond donors (Lipinski definition) is 1. The lowest BCUT2D eigenvalue weighted by molar-refractivity contribution is 0.355. The molecule has 136 valence electrons. The Bertz CT molecular complexity index is 1240. The molecule has 4 rings (SSSR count). The maximum atomic E-state index is 13.5. The minimum atomic E-state index is -0.388. The first-order chi connectivity index (χ1) is 13.1. The molecular formula is C19H15FN4O3. The molecule has 0 amide bonds. The summed E-state index contributed by atoms with van der Waals surface area (Å²) in [4.78, 5) is 19.9. The molecule has 0 radical (unpaired) electrons. The summed E-state index contributed by atoms with van der Waals surface area (Å²) in [6.45, 7) is 0. The maximum Gasteiger partial charge on any atom is 0.298 e. The van der Waals surface area contributed by atoms with E-state index in [2.05, 4.69) is 15.1 Å². The highest BCUT2D eigenvalue weighted by Crippen LogP contribution is 2.27. The molecule has 0 fully saturated rings. The minimum Gasteiger partial charge on any atom is -0.493 e. The highest BCUT2D eigenvalue weighted by atomic mass is 19.1. The van der Waals surface area contributed by atoms with Crippen molar-refractivity contribution in [1.29, 1.82) is 0 Å². The number of rotatable bonds is 4. The van der Waals surface area contributed by atoms with Crippen LogP contribution >= 0.6 is 0 Å². The quantitative estimate of drug-likeness (QED) is 0.563. The number of aromatic nitrogens is 3. The monoisotopic (exact) mass is 366 g/mol. The van der Waals surface area contributed by atoms with Crippen molar-refractivity contribution in [3.63, 3.8) is 0 Å². The first-order valence-corrected chi connectivity index (χ1v) is 8.05. The number of benzene rings is 2. The van der Waals surface area contributed by atoms with Gasteiger partial charge < -0.3 is 14.5 Å². The van der Waals surface area contributed by atoms with Gasteiger partial charge in [-0.3, -0.25) is 4.79 Å². The second-order valence-electron chi connectivity index (χ2n) is 5.79. The number of methoxy groups -OCH3 is 2. The van der Waals surface area contributed by atoms with Crippen LogP contribution in [0.2, 0.25) is 0 Å². The molecule has 0 atom stereocenters. The Morgan fingerprint density at radius 1 is 1.15 bits per heavy atom. The Morgan fingerprint density at radius 3 is 2.74 bits per heavy atom. The van der Waals surface area contributed by atoms with E-state index in [0.29, 0.717) is 27.9 Å². The van der Waals surface area contributed by atoms with Gasteiger partial charge in [0.1, 0.15) is 23.2 Å². The van der Waals surface area contributed by atoms with E-state index < -0.39 is 0 Å². The van der Waals surface area contributed by atoms with E-state index in [9.17, 15) is 9.18 Å². The number of fused-ring (bicyclic) bond motifs is 3. The summed E-state index contributed by atoms with van der Waals surface area (Å²) in [7, 11) is 3.10. The van der Waals surface area contributed by atoms with Crippen molar-refractivity contribution in [2.24, 2.45) is 5.10 Å². The predicted molar refractivity (Wildman–Crippen MR) is 100 cm³/mol. The molecule has 0 saturated heterocycles. The molecule has 8 heteroatoms. The van der Waals surface area contributed by atoms with Crippen LogP contribution in [0.4, 0.5) is 4.39 Å². The van der Waals surface area contributed by atoms with Crippen molar-refractivity contribution in [1.82, 2.24) is 14.6 Å². The number of ether oxygens (including phenoxy) is 2.